The minimum absolute atomic E-state index is 0.00774. The van der Waals surface area contributed by atoms with E-state index < -0.39 is 17.3 Å². The van der Waals surface area contributed by atoms with Crippen LogP contribution in [-0.4, -0.2) is 16.6 Å². The summed E-state index contributed by atoms with van der Waals surface area (Å²) < 4.78 is 13.9. The van der Waals surface area contributed by atoms with Crippen LogP contribution in [0.2, 0.25) is 0 Å². The molecule has 1 aliphatic carbocycles. The molecule has 110 valence electrons. The average molecular weight is 279 g/mol. The van der Waals surface area contributed by atoms with Crippen LogP contribution in [0.5, 0.6) is 0 Å². The van der Waals surface area contributed by atoms with Crippen molar-refractivity contribution < 1.29 is 14.3 Å². The van der Waals surface area contributed by atoms with Crippen molar-refractivity contribution in [3.05, 3.63) is 30.1 Å². The number of rotatable bonds is 4. The number of carbonyl (C=O) groups is 1. The Morgan fingerprint density at radius 3 is 2.70 bits per heavy atom. The van der Waals surface area contributed by atoms with Crippen LogP contribution in [0.4, 0.5) is 10.1 Å². The molecule has 0 spiro atoms. The van der Waals surface area contributed by atoms with Crippen molar-refractivity contribution in [2.24, 2.45) is 11.8 Å². The summed E-state index contributed by atoms with van der Waals surface area (Å²) in [4.78, 5) is 11.9. The van der Waals surface area contributed by atoms with Gasteiger partial charge in [0.25, 0.3) is 0 Å². The van der Waals surface area contributed by atoms with Crippen LogP contribution in [-0.2, 0) is 4.79 Å². The van der Waals surface area contributed by atoms with Crippen molar-refractivity contribution in [3.8, 4) is 0 Å². The molecule has 2 unspecified atom stereocenters. The Hall–Kier alpha value is -1.58. The van der Waals surface area contributed by atoms with Crippen molar-refractivity contribution >= 4 is 11.7 Å². The number of anilines is 1. The maximum Gasteiger partial charge on any atom is 0.329 e. The van der Waals surface area contributed by atoms with Gasteiger partial charge >= 0.3 is 5.97 Å². The van der Waals surface area contributed by atoms with E-state index in [-0.39, 0.29) is 17.5 Å². The minimum Gasteiger partial charge on any atom is -0.479 e. The first-order chi connectivity index (χ1) is 9.47. The van der Waals surface area contributed by atoms with Gasteiger partial charge < -0.3 is 10.4 Å². The van der Waals surface area contributed by atoms with Crippen molar-refractivity contribution in [3.63, 3.8) is 0 Å². The smallest absolute Gasteiger partial charge is 0.329 e. The molecule has 0 radical (unpaired) electrons. The molecule has 2 N–H and O–H groups in total. The van der Waals surface area contributed by atoms with Crippen molar-refractivity contribution in [2.75, 3.05) is 5.32 Å². The highest BCUT2D eigenvalue weighted by Gasteiger charge is 2.48. The normalized spacial score (nSPS) is 26.5. The number of aliphatic carboxylic acids is 1. The molecule has 0 aromatic heterocycles. The molecule has 0 heterocycles. The lowest BCUT2D eigenvalue weighted by molar-refractivity contribution is -0.146. The fourth-order valence-corrected chi connectivity index (χ4v) is 3.38. The molecule has 1 aliphatic rings. The third-order valence-corrected chi connectivity index (χ3v) is 4.39. The van der Waals surface area contributed by atoms with Crippen LogP contribution in [0.25, 0.3) is 0 Å². The summed E-state index contributed by atoms with van der Waals surface area (Å²) in [6, 6.07) is 6.28. The number of hydrogen-bond donors (Lipinski definition) is 2. The van der Waals surface area contributed by atoms with Crippen molar-refractivity contribution in [1.82, 2.24) is 0 Å². The second-order valence-corrected chi connectivity index (χ2v) is 5.98. The largest absolute Gasteiger partial charge is 0.479 e. The van der Waals surface area contributed by atoms with Gasteiger partial charge in [0, 0.05) is 0 Å². The molecule has 1 fully saturated rings. The van der Waals surface area contributed by atoms with Crippen LogP contribution in [0.15, 0.2) is 24.3 Å². The summed E-state index contributed by atoms with van der Waals surface area (Å²) in [6.07, 6.45) is 3.30. The van der Waals surface area contributed by atoms with E-state index in [0.717, 1.165) is 19.3 Å². The Labute approximate surface area is 119 Å². The minimum atomic E-state index is -1.06. The van der Waals surface area contributed by atoms with E-state index >= 15 is 0 Å². The number of halogens is 1. The van der Waals surface area contributed by atoms with Gasteiger partial charge in [0.1, 0.15) is 11.4 Å². The summed E-state index contributed by atoms with van der Waals surface area (Å²) >= 11 is 0. The molecule has 3 nitrogen and oxygen atoms in total. The second kappa shape index (κ2) is 5.81. The third-order valence-electron chi connectivity index (χ3n) is 4.39. The Morgan fingerprint density at radius 2 is 2.10 bits per heavy atom. The highest BCUT2D eigenvalue weighted by atomic mass is 19.1. The Bertz CT molecular complexity index is 489. The monoisotopic (exact) mass is 279 g/mol. The van der Waals surface area contributed by atoms with Crippen molar-refractivity contribution in [1.29, 1.82) is 0 Å². The summed E-state index contributed by atoms with van der Waals surface area (Å²) in [6.45, 7) is 4.08. The summed E-state index contributed by atoms with van der Waals surface area (Å²) in [7, 11) is 0. The molecular weight excluding hydrogens is 257 g/mol. The molecule has 0 amide bonds. The van der Waals surface area contributed by atoms with Crippen molar-refractivity contribution in [2.45, 2.75) is 45.1 Å². The van der Waals surface area contributed by atoms with Crippen LogP contribution in [0, 0.1) is 17.7 Å². The van der Waals surface area contributed by atoms with Crippen LogP contribution < -0.4 is 5.32 Å². The van der Waals surface area contributed by atoms with Crippen LogP contribution in [0.3, 0.4) is 0 Å². The Kier molecular flexibility index (Phi) is 4.31. The maximum absolute atomic E-state index is 13.9. The van der Waals surface area contributed by atoms with Gasteiger partial charge in [-0.25, -0.2) is 9.18 Å². The van der Waals surface area contributed by atoms with Crippen LogP contribution in [0.1, 0.15) is 39.5 Å². The first-order valence-corrected chi connectivity index (χ1v) is 7.23. The lowest BCUT2D eigenvalue weighted by Crippen LogP contribution is -2.56. The van der Waals surface area contributed by atoms with Gasteiger partial charge in [-0.1, -0.05) is 38.8 Å². The number of para-hydroxylation sites is 1. The molecule has 0 saturated heterocycles. The number of benzene rings is 1. The molecule has 20 heavy (non-hydrogen) atoms. The highest BCUT2D eigenvalue weighted by Crippen LogP contribution is 2.41. The third kappa shape index (κ3) is 2.65. The summed E-state index contributed by atoms with van der Waals surface area (Å²) in [5.41, 5.74) is -0.781. The zero-order valence-corrected chi connectivity index (χ0v) is 12.0. The molecule has 2 atom stereocenters. The maximum atomic E-state index is 13.9. The lowest BCUT2D eigenvalue weighted by atomic mass is 9.67. The molecule has 1 saturated carbocycles. The predicted molar refractivity (Wildman–Crippen MR) is 77.2 cm³/mol. The highest BCUT2D eigenvalue weighted by molar-refractivity contribution is 5.83. The quantitative estimate of drug-likeness (QED) is 0.878. The zero-order chi connectivity index (χ0) is 14.8. The van der Waals surface area contributed by atoms with E-state index in [4.69, 9.17) is 0 Å². The molecule has 2 rings (SSSR count). The van der Waals surface area contributed by atoms with Gasteiger partial charge in [0.2, 0.25) is 0 Å². The van der Waals surface area contributed by atoms with E-state index in [1.807, 2.05) is 13.8 Å². The van der Waals surface area contributed by atoms with E-state index in [0.29, 0.717) is 6.42 Å². The number of hydrogen-bond acceptors (Lipinski definition) is 2. The first-order valence-electron chi connectivity index (χ1n) is 7.23. The van der Waals surface area contributed by atoms with E-state index in [1.54, 1.807) is 18.2 Å². The van der Waals surface area contributed by atoms with Gasteiger partial charge in [0.05, 0.1) is 5.69 Å². The number of carboxylic acids is 1. The lowest BCUT2D eigenvalue weighted by Gasteiger charge is -2.44. The van der Waals surface area contributed by atoms with E-state index in [9.17, 15) is 14.3 Å². The number of nitrogens with one attached hydrogen (secondary N) is 1. The van der Waals surface area contributed by atoms with E-state index in [1.165, 1.54) is 6.07 Å². The van der Waals surface area contributed by atoms with E-state index in [2.05, 4.69) is 5.32 Å². The molecule has 4 heteroatoms. The number of carboxylic acid groups (broad SMARTS) is 1. The summed E-state index contributed by atoms with van der Waals surface area (Å²) in [5.74, 6) is -1.03. The Morgan fingerprint density at radius 1 is 1.40 bits per heavy atom. The molecule has 0 bridgehead atoms. The second-order valence-electron chi connectivity index (χ2n) is 5.98. The molecule has 1 aromatic carbocycles. The fourth-order valence-electron chi connectivity index (χ4n) is 3.38. The SMILES string of the molecule is CC(C)C1CCCCC1(Nc1ccccc1F)C(=O)O. The van der Waals surface area contributed by atoms with Gasteiger partial charge in [-0.05, 0) is 36.8 Å². The first kappa shape index (κ1) is 14.8. The molecule has 0 aliphatic heterocycles. The Balaban J connectivity index is 2.38. The topological polar surface area (TPSA) is 49.3 Å². The fraction of sp³-hybridized carbons (Fsp3) is 0.562. The zero-order valence-electron chi connectivity index (χ0n) is 12.0. The average Bonchev–Trinajstić information content (AvgIpc) is 2.41. The van der Waals surface area contributed by atoms with Gasteiger partial charge in [-0.2, -0.15) is 0 Å². The van der Waals surface area contributed by atoms with Gasteiger partial charge in [-0.15, -0.1) is 0 Å². The standard InChI is InChI=1S/C16H22FNO2/c1-11(2)12-7-5-6-10-16(12,15(19)20)18-14-9-4-3-8-13(14)17/h3-4,8-9,11-12,18H,5-7,10H2,1-2H3,(H,19,20). The van der Waals surface area contributed by atoms with Gasteiger partial charge in [-0.3, -0.25) is 0 Å². The van der Waals surface area contributed by atoms with Crippen LogP contribution >= 0.6 is 0 Å². The molecular formula is C16H22FNO2. The molecule has 1 aromatic rings. The predicted octanol–water partition coefficient (Wildman–Crippen LogP) is 3.91. The summed E-state index contributed by atoms with van der Waals surface area (Å²) in [5, 5.41) is 12.8. The van der Waals surface area contributed by atoms with Gasteiger partial charge in [0.15, 0.2) is 0 Å².